The van der Waals surface area contributed by atoms with Crippen LogP contribution < -0.4 is 5.32 Å². The van der Waals surface area contributed by atoms with Crippen molar-refractivity contribution >= 4 is 23.1 Å². The summed E-state index contributed by atoms with van der Waals surface area (Å²) >= 11 is 0. The number of amides is 1. The molecule has 4 nitrogen and oxygen atoms in total. The molecule has 0 aromatic heterocycles. The summed E-state index contributed by atoms with van der Waals surface area (Å²) in [5, 5.41) is 2.90. The summed E-state index contributed by atoms with van der Waals surface area (Å²) in [6.45, 7) is 4.08. The summed E-state index contributed by atoms with van der Waals surface area (Å²) in [6, 6.07) is 3.99. The maximum absolute atomic E-state index is 11.7. The van der Waals surface area contributed by atoms with Crippen LogP contribution >= 0.6 is 0 Å². The maximum atomic E-state index is 11.7. The average molecular weight is 231 g/mol. The quantitative estimate of drug-likeness (QED) is 0.744. The molecule has 90 valence electrons. The second-order valence-corrected chi connectivity index (χ2v) is 4.60. The molecular formula is C13H17N3O. The van der Waals surface area contributed by atoms with Crippen LogP contribution in [0.1, 0.15) is 17.5 Å². The summed E-state index contributed by atoms with van der Waals surface area (Å²) in [5.41, 5.74) is 3.98. The Morgan fingerprint density at radius 3 is 2.53 bits per heavy atom. The van der Waals surface area contributed by atoms with Crippen LogP contribution in [0.4, 0.5) is 11.4 Å². The van der Waals surface area contributed by atoms with Gasteiger partial charge in [-0.25, -0.2) is 4.99 Å². The molecule has 0 unspecified atom stereocenters. The van der Waals surface area contributed by atoms with Crippen molar-refractivity contribution in [2.24, 2.45) is 4.99 Å². The van der Waals surface area contributed by atoms with E-state index < -0.39 is 0 Å². The third-order valence-corrected chi connectivity index (χ3v) is 2.97. The van der Waals surface area contributed by atoms with Crippen LogP contribution in [0.5, 0.6) is 0 Å². The first-order valence-corrected chi connectivity index (χ1v) is 5.63. The van der Waals surface area contributed by atoms with E-state index in [-0.39, 0.29) is 5.91 Å². The molecule has 1 aromatic rings. The predicted molar refractivity (Wildman–Crippen MR) is 69.9 cm³/mol. The van der Waals surface area contributed by atoms with Crippen molar-refractivity contribution in [1.82, 2.24) is 4.90 Å². The van der Waals surface area contributed by atoms with Gasteiger partial charge in [0.2, 0.25) is 5.91 Å². The highest BCUT2D eigenvalue weighted by molar-refractivity contribution is 6.09. The minimum Gasteiger partial charge on any atom is -0.366 e. The number of nitrogens with zero attached hydrogens (tertiary/aromatic N) is 2. The summed E-state index contributed by atoms with van der Waals surface area (Å²) in [6.07, 6.45) is 0.319. The average Bonchev–Trinajstić information content (AvgIpc) is 2.38. The number of aliphatic imine (C=N–C) groups is 1. The summed E-state index contributed by atoms with van der Waals surface area (Å²) in [7, 11) is 3.80. The van der Waals surface area contributed by atoms with Crippen LogP contribution in [0.2, 0.25) is 0 Å². The number of rotatable bonds is 0. The molecular weight excluding hydrogens is 214 g/mol. The molecule has 0 saturated carbocycles. The molecule has 2 rings (SSSR count). The Hall–Kier alpha value is -1.84. The highest BCUT2D eigenvalue weighted by Gasteiger charge is 2.17. The summed E-state index contributed by atoms with van der Waals surface area (Å²) in [4.78, 5) is 18.2. The third-order valence-electron chi connectivity index (χ3n) is 2.97. The Balaban J connectivity index is 2.55. The SMILES string of the molecule is Cc1cc2c(cc1C)NC(=O)CC(N(C)C)=N2. The molecule has 4 heteroatoms. The maximum Gasteiger partial charge on any atom is 0.232 e. The summed E-state index contributed by atoms with van der Waals surface area (Å²) < 4.78 is 0. The predicted octanol–water partition coefficient (Wildman–Crippen LogP) is 2.24. The lowest BCUT2D eigenvalue weighted by Gasteiger charge is -2.13. The number of benzene rings is 1. The first kappa shape index (κ1) is 11.6. The van der Waals surface area contributed by atoms with Gasteiger partial charge in [-0.15, -0.1) is 0 Å². The Morgan fingerprint density at radius 2 is 1.88 bits per heavy atom. The number of hydrogen-bond acceptors (Lipinski definition) is 3. The van der Waals surface area contributed by atoms with Gasteiger partial charge < -0.3 is 10.2 Å². The zero-order valence-electron chi connectivity index (χ0n) is 10.7. The Labute approximate surface area is 101 Å². The first-order chi connectivity index (χ1) is 7.97. The smallest absolute Gasteiger partial charge is 0.232 e. The fourth-order valence-corrected chi connectivity index (χ4v) is 1.77. The van der Waals surface area contributed by atoms with Crippen LogP contribution in [-0.2, 0) is 4.79 Å². The van der Waals surface area contributed by atoms with E-state index in [1.807, 2.05) is 45.0 Å². The highest BCUT2D eigenvalue weighted by atomic mass is 16.1. The molecule has 1 aromatic carbocycles. The molecule has 0 bridgehead atoms. The van der Waals surface area contributed by atoms with Gasteiger partial charge in [0.05, 0.1) is 17.8 Å². The zero-order valence-corrected chi connectivity index (χ0v) is 10.7. The Kier molecular flexibility index (Phi) is 2.88. The van der Waals surface area contributed by atoms with Crippen LogP contribution in [0.25, 0.3) is 0 Å². The van der Waals surface area contributed by atoms with Crippen molar-refractivity contribution in [2.75, 3.05) is 19.4 Å². The van der Waals surface area contributed by atoms with Crippen molar-refractivity contribution in [3.8, 4) is 0 Å². The minimum atomic E-state index is -0.0144. The molecule has 1 amide bonds. The van der Waals surface area contributed by atoms with Crippen molar-refractivity contribution in [3.05, 3.63) is 23.3 Å². The van der Waals surface area contributed by atoms with Gasteiger partial charge in [0.15, 0.2) is 0 Å². The minimum absolute atomic E-state index is 0.0144. The molecule has 0 spiro atoms. The van der Waals surface area contributed by atoms with Crippen molar-refractivity contribution in [2.45, 2.75) is 20.3 Å². The van der Waals surface area contributed by atoms with Crippen LogP contribution in [0.3, 0.4) is 0 Å². The van der Waals surface area contributed by atoms with Gasteiger partial charge in [-0.3, -0.25) is 4.79 Å². The standard InChI is InChI=1S/C13H17N3O/c1-8-5-10-11(6-9(8)2)15-13(17)7-12(14-10)16(3)4/h5-6H,7H2,1-4H3,(H,15,17). The molecule has 0 atom stereocenters. The van der Waals surface area contributed by atoms with E-state index in [0.29, 0.717) is 6.42 Å². The first-order valence-electron chi connectivity index (χ1n) is 5.63. The number of carbonyl (C=O) groups is 1. The fourth-order valence-electron chi connectivity index (χ4n) is 1.77. The highest BCUT2D eigenvalue weighted by Crippen LogP contribution is 2.31. The van der Waals surface area contributed by atoms with E-state index in [1.54, 1.807) is 0 Å². The Morgan fingerprint density at radius 1 is 1.24 bits per heavy atom. The van der Waals surface area contributed by atoms with Gasteiger partial charge >= 0.3 is 0 Å². The van der Waals surface area contributed by atoms with Crippen LogP contribution in [0.15, 0.2) is 17.1 Å². The van der Waals surface area contributed by atoms with Crippen LogP contribution in [0, 0.1) is 13.8 Å². The monoisotopic (exact) mass is 231 g/mol. The second kappa shape index (κ2) is 4.20. The van der Waals surface area contributed by atoms with E-state index >= 15 is 0 Å². The lowest BCUT2D eigenvalue weighted by Crippen LogP contribution is -2.25. The molecule has 1 N–H and O–H groups in total. The lowest BCUT2D eigenvalue weighted by molar-refractivity contribution is -0.115. The topological polar surface area (TPSA) is 44.7 Å². The largest absolute Gasteiger partial charge is 0.366 e. The number of hydrogen-bond donors (Lipinski definition) is 1. The summed E-state index contributed by atoms with van der Waals surface area (Å²) in [5.74, 6) is 0.768. The fraction of sp³-hybridized carbons (Fsp3) is 0.385. The molecule has 0 aliphatic carbocycles. The molecule has 0 fully saturated rings. The lowest BCUT2D eigenvalue weighted by atomic mass is 10.1. The second-order valence-electron chi connectivity index (χ2n) is 4.60. The van der Waals surface area contributed by atoms with Gasteiger partial charge in [0.25, 0.3) is 0 Å². The molecule has 1 aliphatic heterocycles. The van der Waals surface area contributed by atoms with Gasteiger partial charge in [0, 0.05) is 14.1 Å². The van der Waals surface area contributed by atoms with Crippen molar-refractivity contribution in [3.63, 3.8) is 0 Å². The number of carbonyl (C=O) groups excluding carboxylic acids is 1. The number of amidine groups is 1. The third kappa shape index (κ3) is 2.30. The van der Waals surface area contributed by atoms with E-state index in [1.165, 1.54) is 5.56 Å². The van der Waals surface area contributed by atoms with Gasteiger partial charge in [-0.1, -0.05) is 0 Å². The van der Waals surface area contributed by atoms with E-state index in [9.17, 15) is 4.79 Å². The van der Waals surface area contributed by atoms with Gasteiger partial charge in [-0.05, 0) is 37.1 Å². The van der Waals surface area contributed by atoms with Gasteiger partial charge in [-0.2, -0.15) is 0 Å². The number of nitrogens with one attached hydrogen (secondary N) is 1. The van der Waals surface area contributed by atoms with E-state index in [2.05, 4.69) is 10.3 Å². The van der Waals surface area contributed by atoms with E-state index in [4.69, 9.17) is 0 Å². The molecule has 1 heterocycles. The number of anilines is 1. The molecule has 17 heavy (non-hydrogen) atoms. The van der Waals surface area contributed by atoms with Crippen LogP contribution in [-0.4, -0.2) is 30.7 Å². The van der Waals surface area contributed by atoms with Crippen molar-refractivity contribution < 1.29 is 4.79 Å². The van der Waals surface area contributed by atoms with E-state index in [0.717, 1.165) is 22.8 Å². The molecule has 0 radical (unpaired) electrons. The molecule has 1 aliphatic rings. The molecule has 0 saturated heterocycles. The van der Waals surface area contributed by atoms with Crippen molar-refractivity contribution in [1.29, 1.82) is 0 Å². The zero-order chi connectivity index (χ0) is 12.6. The Bertz CT molecular complexity index is 504. The number of fused-ring (bicyclic) bond motifs is 1. The van der Waals surface area contributed by atoms with Gasteiger partial charge in [0.1, 0.15) is 5.84 Å². The number of aryl methyl sites for hydroxylation is 2. The normalized spacial score (nSPS) is 14.6.